The van der Waals surface area contributed by atoms with Crippen LogP contribution in [0.4, 0.5) is 0 Å². The summed E-state index contributed by atoms with van der Waals surface area (Å²) in [5.74, 6) is -1.17. The second kappa shape index (κ2) is 6.34. The monoisotopic (exact) mass is 248 g/mol. The van der Waals surface area contributed by atoms with Gasteiger partial charge in [0.05, 0.1) is 6.61 Å². The maximum atomic E-state index is 11.9. The topological polar surface area (TPSA) is 43.4 Å². The van der Waals surface area contributed by atoms with Crippen molar-refractivity contribution in [2.24, 2.45) is 5.41 Å². The molecule has 3 heteroatoms. The molecular formula is C15H20O3. The summed E-state index contributed by atoms with van der Waals surface area (Å²) < 4.78 is 4.75. The van der Waals surface area contributed by atoms with E-state index in [1.807, 2.05) is 30.3 Å². The van der Waals surface area contributed by atoms with E-state index in [4.69, 9.17) is 4.74 Å². The van der Waals surface area contributed by atoms with E-state index in [2.05, 4.69) is 0 Å². The SMILES string of the molecule is CCOC(=O)C(=O)C(C)(C)CCc1ccccc1. The summed E-state index contributed by atoms with van der Waals surface area (Å²) in [6, 6.07) is 9.93. The van der Waals surface area contributed by atoms with E-state index < -0.39 is 17.2 Å². The molecule has 0 bridgehead atoms. The van der Waals surface area contributed by atoms with Gasteiger partial charge in [0, 0.05) is 5.41 Å². The number of carbonyl (C=O) groups excluding carboxylic acids is 2. The molecule has 3 nitrogen and oxygen atoms in total. The highest BCUT2D eigenvalue weighted by atomic mass is 16.5. The minimum Gasteiger partial charge on any atom is -0.460 e. The van der Waals surface area contributed by atoms with Gasteiger partial charge >= 0.3 is 5.97 Å². The molecule has 0 saturated carbocycles. The number of aryl methyl sites for hydroxylation is 1. The lowest BCUT2D eigenvalue weighted by Gasteiger charge is -2.21. The van der Waals surface area contributed by atoms with Gasteiger partial charge in [-0.15, -0.1) is 0 Å². The van der Waals surface area contributed by atoms with Gasteiger partial charge in [-0.25, -0.2) is 4.79 Å². The van der Waals surface area contributed by atoms with Crippen molar-refractivity contribution in [2.45, 2.75) is 33.6 Å². The van der Waals surface area contributed by atoms with Crippen LogP contribution in [0, 0.1) is 5.41 Å². The zero-order valence-electron chi connectivity index (χ0n) is 11.2. The first-order valence-electron chi connectivity index (χ1n) is 6.23. The molecular weight excluding hydrogens is 228 g/mol. The summed E-state index contributed by atoms with van der Waals surface area (Å²) in [4.78, 5) is 23.3. The fourth-order valence-electron chi connectivity index (χ4n) is 1.69. The number of Topliss-reactive ketones (excluding diaryl/α,β-unsaturated/α-hetero) is 1. The molecule has 0 unspecified atom stereocenters. The number of hydrogen-bond donors (Lipinski definition) is 0. The van der Waals surface area contributed by atoms with Gasteiger partial charge in [-0.05, 0) is 25.3 Å². The summed E-state index contributed by atoms with van der Waals surface area (Å²) in [6.45, 7) is 5.51. The number of carbonyl (C=O) groups is 2. The van der Waals surface area contributed by atoms with Gasteiger partial charge in [-0.1, -0.05) is 44.2 Å². The second-order valence-corrected chi connectivity index (χ2v) is 4.92. The van der Waals surface area contributed by atoms with E-state index in [0.717, 1.165) is 6.42 Å². The lowest BCUT2D eigenvalue weighted by Crippen LogP contribution is -2.33. The summed E-state index contributed by atoms with van der Waals surface area (Å²) >= 11 is 0. The highest BCUT2D eigenvalue weighted by Crippen LogP contribution is 2.24. The first-order valence-corrected chi connectivity index (χ1v) is 6.23. The van der Waals surface area contributed by atoms with E-state index in [9.17, 15) is 9.59 Å². The van der Waals surface area contributed by atoms with Crippen LogP contribution in [-0.2, 0) is 20.7 Å². The quantitative estimate of drug-likeness (QED) is 0.574. The van der Waals surface area contributed by atoms with Gasteiger partial charge in [0.2, 0.25) is 5.78 Å². The van der Waals surface area contributed by atoms with Gasteiger partial charge in [-0.2, -0.15) is 0 Å². The minimum atomic E-state index is -0.726. The Bertz CT molecular complexity index is 407. The summed E-state index contributed by atoms with van der Waals surface area (Å²) in [5.41, 5.74) is 0.490. The standard InChI is InChI=1S/C15H20O3/c1-4-18-14(17)13(16)15(2,3)11-10-12-8-6-5-7-9-12/h5-9H,4,10-11H2,1-3H3. The van der Waals surface area contributed by atoms with Crippen LogP contribution in [0.5, 0.6) is 0 Å². The molecule has 0 aliphatic carbocycles. The van der Waals surface area contributed by atoms with Gasteiger partial charge in [0.15, 0.2) is 0 Å². The van der Waals surface area contributed by atoms with Gasteiger partial charge in [-0.3, -0.25) is 4.79 Å². The largest absolute Gasteiger partial charge is 0.460 e. The number of ketones is 1. The molecule has 98 valence electrons. The third-order valence-corrected chi connectivity index (χ3v) is 2.96. The predicted octanol–water partition coefficient (Wildman–Crippen LogP) is 2.78. The van der Waals surface area contributed by atoms with Crippen LogP contribution in [0.15, 0.2) is 30.3 Å². The summed E-state index contributed by atoms with van der Waals surface area (Å²) in [7, 11) is 0. The fraction of sp³-hybridized carbons (Fsp3) is 0.467. The van der Waals surface area contributed by atoms with Crippen LogP contribution < -0.4 is 0 Å². The average Bonchev–Trinajstić information content (AvgIpc) is 2.37. The highest BCUT2D eigenvalue weighted by Gasteiger charge is 2.33. The number of hydrogen-bond acceptors (Lipinski definition) is 3. The molecule has 0 radical (unpaired) electrons. The van der Waals surface area contributed by atoms with Gasteiger partial charge < -0.3 is 4.74 Å². The van der Waals surface area contributed by atoms with Crippen LogP contribution >= 0.6 is 0 Å². The molecule has 0 heterocycles. The average molecular weight is 248 g/mol. The Labute approximate surface area is 108 Å². The van der Waals surface area contributed by atoms with Crippen molar-refractivity contribution in [3.8, 4) is 0 Å². The van der Waals surface area contributed by atoms with Crippen LogP contribution in [0.2, 0.25) is 0 Å². The Hall–Kier alpha value is -1.64. The van der Waals surface area contributed by atoms with E-state index in [-0.39, 0.29) is 6.61 Å². The Morgan fingerprint density at radius 2 is 1.78 bits per heavy atom. The first kappa shape index (κ1) is 14.4. The van der Waals surface area contributed by atoms with Crippen molar-refractivity contribution in [1.29, 1.82) is 0 Å². The van der Waals surface area contributed by atoms with Crippen LogP contribution in [-0.4, -0.2) is 18.4 Å². The normalized spacial score (nSPS) is 11.1. The molecule has 0 atom stereocenters. The summed E-state index contributed by atoms with van der Waals surface area (Å²) in [6.07, 6.45) is 1.41. The lowest BCUT2D eigenvalue weighted by atomic mass is 9.82. The maximum absolute atomic E-state index is 11.9. The van der Waals surface area contributed by atoms with E-state index in [1.54, 1.807) is 20.8 Å². The third-order valence-electron chi connectivity index (χ3n) is 2.96. The predicted molar refractivity (Wildman–Crippen MR) is 70.2 cm³/mol. The van der Waals surface area contributed by atoms with E-state index in [0.29, 0.717) is 6.42 Å². The van der Waals surface area contributed by atoms with Crippen molar-refractivity contribution < 1.29 is 14.3 Å². The highest BCUT2D eigenvalue weighted by molar-refractivity contribution is 6.35. The molecule has 0 aliphatic heterocycles. The Kier molecular flexibility index (Phi) is 5.08. The molecule has 0 spiro atoms. The molecule has 0 fully saturated rings. The maximum Gasteiger partial charge on any atom is 0.375 e. The Morgan fingerprint density at radius 1 is 1.17 bits per heavy atom. The zero-order chi connectivity index (χ0) is 13.6. The van der Waals surface area contributed by atoms with Crippen LogP contribution in [0.3, 0.4) is 0 Å². The Morgan fingerprint density at radius 3 is 2.33 bits per heavy atom. The van der Waals surface area contributed by atoms with Crippen molar-refractivity contribution in [3.05, 3.63) is 35.9 Å². The number of benzene rings is 1. The molecule has 0 N–H and O–H groups in total. The molecule has 0 aliphatic rings. The smallest absolute Gasteiger partial charge is 0.375 e. The minimum absolute atomic E-state index is 0.235. The van der Waals surface area contributed by atoms with E-state index in [1.165, 1.54) is 5.56 Å². The summed E-state index contributed by atoms with van der Waals surface area (Å²) in [5, 5.41) is 0. The molecule has 0 aromatic heterocycles. The number of ether oxygens (including phenoxy) is 1. The molecule has 1 rings (SSSR count). The van der Waals surface area contributed by atoms with Gasteiger partial charge in [0.1, 0.15) is 0 Å². The number of rotatable bonds is 6. The lowest BCUT2D eigenvalue weighted by molar-refractivity contribution is -0.157. The Balaban J connectivity index is 2.59. The second-order valence-electron chi connectivity index (χ2n) is 4.92. The molecule has 0 amide bonds. The molecule has 1 aromatic rings. The van der Waals surface area contributed by atoms with Crippen LogP contribution in [0.1, 0.15) is 32.8 Å². The molecule has 0 saturated heterocycles. The third kappa shape index (κ3) is 3.99. The molecule has 1 aromatic carbocycles. The van der Waals surface area contributed by atoms with Crippen molar-refractivity contribution >= 4 is 11.8 Å². The number of esters is 1. The molecule has 18 heavy (non-hydrogen) atoms. The van der Waals surface area contributed by atoms with Gasteiger partial charge in [0.25, 0.3) is 0 Å². The van der Waals surface area contributed by atoms with Crippen molar-refractivity contribution in [2.75, 3.05) is 6.61 Å². The van der Waals surface area contributed by atoms with E-state index >= 15 is 0 Å². The first-order chi connectivity index (χ1) is 8.47. The fourth-order valence-corrected chi connectivity index (χ4v) is 1.69. The van der Waals surface area contributed by atoms with Crippen LogP contribution in [0.25, 0.3) is 0 Å². The van der Waals surface area contributed by atoms with Crippen molar-refractivity contribution in [1.82, 2.24) is 0 Å². The van der Waals surface area contributed by atoms with Crippen molar-refractivity contribution in [3.63, 3.8) is 0 Å². The zero-order valence-corrected chi connectivity index (χ0v) is 11.2.